The highest BCUT2D eigenvalue weighted by Gasteiger charge is 2.20. The third-order valence-corrected chi connectivity index (χ3v) is 3.22. The fourth-order valence-corrected chi connectivity index (χ4v) is 2.12. The van der Waals surface area contributed by atoms with Crippen LogP contribution in [0.4, 0.5) is 17.1 Å². The predicted molar refractivity (Wildman–Crippen MR) is 80.9 cm³/mol. The smallest absolute Gasteiger partial charge is 0.315 e. The molecule has 0 amide bonds. The second-order valence-electron chi connectivity index (χ2n) is 4.63. The molecular weight excluding hydrogens is 254 g/mol. The molecule has 0 saturated heterocycles. The lowest BCUT2D eigenvalue weighted by Gasteiger charge is -2.19. The van der Waals surface area contributed by atoms with Crippen molar-refractivity contribution in [3.05, 3.63) is 64.2 Å². The Morgan fingerprint density at radius 3 is 2.50 bits per heavy atom. The monoisotopic (exact) mass is 271 g/mol. The number of nitrogen functional groups attached to an aromatic ring is 1. The van der Waals surface area contributed by atoms with Gasteiger partial charge in [0.2, 0.25) is 0 Å². The molecule has 0 fully saturated rings. The van der Waals surface area contributed by atoms with E-state index in [1.54, 1.807) is 18.2 Å². The molecule has 2 aromatic carbocycles. The highest BCUT2D eigenvalue weighted by Crippen LogP contribution is 2.32. The van der Waals surface area contributed by atoms with Gasteiger partial charge in [-0.3, -0.25) is 10.1 Å². The molecule has 0 spiro atoms. The number of nitrogens with two attached hydrogens (primary N) is 1. The van der Waals surface area contributed by atoms with Gasteiger partial charge in [0.25, 0.3) is 0 Å². The van der Waals surface area contributed by atoms with E-state index in [0.717, 1.165) is 6.42 Å². The first kappa shape index (κ1) is 13.9. The first-order chi connectivity index (χ1) is 9.59. The third-order valence-electron chi connectivity index (χ3n) is 3.22. The Hall–Kier alpha value is -2.56. The van der Waals surface area contributed by atoms with E-state index in [4.69, 9.17) is 5.73 Å². The number of likely N-dealkylation sites (N-methyl/N-ethyl adjacent to an activating group) is 1. The first-order valence-corrected chi connectivity index (χ1v) is 6.37. The van der Waals surface area contributed by atoms with E-state index in [0.29, 0.717) is 12.2 Å². The minimum absolute atomic E-state index is 0.0249. The van der Waals surface area contributed by atoms with Crippen LogP contribution < -0.4 is 10.6 Å². The maximum absolute atomic E-state index is 11.1. The summed E-state index contributed by atoms with van der Waals surface area (Å²) in [6, 6.07) is 15.0. The molecule has 2 N–H and O–H groups in total. The number of hydrogen-bond acceptors (Lipinski definition) is 4. The van der Waals surface area contributed by atoms with Crippen LogP contribution in [0.15, 0.2) is 48.5 Å². The van der Waals surface area contributed by atoms with Crippen molar-refractivity contribution in [2.75, 3.05) is 24.2 Å². The lowest BCUT2D eigenvalue weighted by atomic mass is 10.1. The summed E-state index contributed by atoms with van der Waals surface area (Å²) in [4.78, 5) is 12.6. The third kappa shape index (κ3) is 3.06. The van der Waals surface area contributed by atoms with Gasteiger partial charge in [0, 0.05) is 13.6 Å². The van der Waals surface area contributed by atoms with Gasteiger partial charge in [-0.05, 0) is 24.1 Å². The maximum atomic E-state index is 11.1. The summed E-state index contributed by atoms with van der Waals surface area (Å²) < 4.78 is 0. The number of nitro groups is 1. The van der Waals surface area contributed by atoms with Gasteiger partial charge in [-0.15, -0.1) is 0 Å². The average molecular weight is 271 g/mol. The van der Waals surface area contributed by atoms with Crippen molar-refractivity contribution in [3.63, 3.8) is 0 Å². The van der Waals surface area contributed by atoms with Crippen molar-refractivity contribution in [3.8, 4) is 0 Å². The number of rotatable bonds is 5. The molecule has 5 nitrogen and oxygen atoms in total. The summed E-state index contributed by atoms with van der Waals surface area (Å²) in [7, 11) is 1.84. The molecule has 0 atom stereocenters. The van der Waals surface area contributed by atoms with E-state index >= 15 is 0 Å². The van der Waals surface area contributed by atoms with Crippen LogP contribution in [0.1, 0.15) is 5.56 Å². The molecule has 2 aromatic rings. The molecular formula is C15H17N3O2. The van der Waals surface area contributed by atoms with Crippen LogP contribution >= 0.6 is 0 Å². The normalized spacial score (nSPS) is 10.2. The SMILES string of the molecule is CN(CCc1ccccc1)c1cccc(N)c1[N+](=O)[O-]. The highest BCUT2D eigenvalue weighted by molar-refractivity contribution is 5.75. The first-order valence-electron chi connectivity index (χ1n) is 6.37. The van der Waals surface area contributed by atoms with Crippen molar-refractivity contribution in [1.29, 1.82) is 0 Å². The predicted octanol–water partition coefficient (Wildman–Crippen LogP) is 2.86. The van der Waals surface area contributed by atoms with Crippen LogP contribution in [-0.2, 0) is 6.42 Å². The van der Waals surface area contributed by atoms with Gasteiger partial charge in [-0.2, -0.15) is 0 Å². The van der Waals surface area contributed by atoms with Crippen LogP contribution in [-0.4, -0.2) is 18.5 Å². The summed E-state index contributed by atoms with van der Waals surface area (Å²) in [5, 5.41) is 11.1. The Bertz CT molecular complexity index is 599. The summed E-state index contributed by atoms with van der Waals surface area (Å²) in [5.74, 6) is 0. The minimum Gasteiger partial charge on any atom is -0.393 e. The average Bonchev–Trinajstić information content (AvgIpc) is 2.45. The Kier molecular flexibility index (Phi) is 4.20. The van der Waals surface area contributed by atoms with Crippen LogP contribution in [0, 0.1) is 10.1 Å². The molecule has 5 heteroatoms. The zero-order valence-electron chi connectivity index (χ0n) is 11.3. The van der Waals surface area contributed by atoms with E-state index in [1.165, 1.54) is 5.56 Å². The number of para-hydroxylation sites is 1. The van der Waals surface area contributed by atoms with E-state index in [-0.39, 0.29) is 11.4 Å². The van der Waals surface area contributed by atoms with Crippen molar-refractivity contribution in [2.24, 2.45) is 0 Å². The summed E-state index contributed by atoms with van der Waals surface area (Å²) in [6.45, 7) is 0.689. The standard InChI is InChI=1S/C15H17N3O2/c1-17(11-10-12-6-3-2-4-7-12)14-9-5-8-13(16)15(14)18(19)20/h2-9H,10-11,16H2,1H3. The van der Waals surface area contributed by atoms with E-state index in [2.05, 4.69) is 0 Å². The van der Waals surface area contributed by atoms with Gasteiger partial charge in [-0.1, -0.05) is 36.4 Å². The van der Waals surface area contributed by atoms with Gasteiger partial charge in [0.1, 0.15) is 11.4 Å². The van der Waals surface area contributed by atoms with Gasteiger partial charge < -0.3 is 10.6 Å². The number of nitrogens with zero attached hydrogens (tertiary/aromatic N) is 2. The van der Waals surface area contributed by atoms with Crippen LogP contribution in [0.3, 0.4) is 0 Å². The van der Waals surface area contributed by atoms with Crippen molar-refractivity contribution in [2.45, 2.75) is 6.42 Å². The lowest BCUT2D eigenvalue weighted by Crippen LogP contribution is -2.21. The zero-order valence-corrected chi connectivity index (χ0v) is 11.3. The minimum atomic E-state index is -0.427. The number of hydrogen-bond donors (Lipinski definition) is 1. The molecule has 0 aliphatic carbocycles. The van der Waals surface area contributed by atoms with Crippen molar-refractivity contribution < 1.29 is 4.92 Å². The fraction of sp³-hybridized carbons (Fsp3) is 0.200. The van der Waals surface area contributed by atoms with E-state index in [9.17, 15) is 10.1 Å². The van der Waals surface area contributed by atoms with Gasteiger partial charge in [-0.25, -0.2) is 0 Å². The van der Waals surface area contributed by atoms with Gasteiger partial charge >= 0.3 is 5.69 Å². The Morgan fingerprint density at radius 1 is 1.15 bits per heavy atom. The molecule has 0 unspecified atom stereocenters. The molecule has 0 heterocycles. The molecule has 0 aliphatic rings. The summed E-state index contributed by atoms with van der Waals surface area (Å²) in [5.41, 5.74) is 7.61. The van der Waals surface area contributed by atoms with Crippen LogP contribution in [0.25, 0.3) is 0 Å². The largest absolute Gasteiger partial charge is 0.393 e. The quantitative estimate of drug-likeness (QED) is 0.515. The molecule has 0 saturated carbocycles. The Balaban J connectivity index is 2.15. The second kappa shape index (κ2) is 6.06. The highest BCUT2D eigenvalue weighted by atomic mass is 16.6. The Morgan fingerprint density at radius 2 is 1.85 bits per heavy atom. The van der Waals surface area contributed by atoms with Crippen molar-refractivity contribution >= 4 is 17.1 Å². The second-order valence-corrected chi connectivity index (χ2v) is 4.63. The van der Waals surface area contributed by atoms with Crippen molar-refractivity contribution in [1.82, 2.24) is 0 Å². The van der Waals surface area contributed by atoms with Crippen LogP contribution in [0.5, 0.6) is 0 Å². The molecule has 0 aliphatic heterocycles. The molecule has 20 heavy (non-hydrogen) atoms. The molecule has 0 aromatic heterocycles. The number of nitro benzene ring substituents is 1. The molecule has 0 bridgehead atoms. The summed E-state index contributed by atoms with van der Waals surface area (Å²) >= 11 is 0. The molecule has 2 rings (SSSR count). The van der Waals surface area contributed by atoms with E-state index < -0.39 is 4.92 Å². The van der Waals surface area contributed by atoms with E-state index in [1.807, 2.05) is 42.3 Å². The fourth-order valence-electron chi connectivity index (χ4n) is 2.12. The summed E-state index contributed by atoms with van der Waals surface area (Å²) in [6.07, 6.45) is 0.823. The Labute approximate surface area is 117 Å². The number of benzene rings is 2. The van der Waals surface area contributed by atoms with Gasteiger partial charge in [0.05, 0.1) is 4.92 Å². The molecule has 0 radical (unpaired) electrons. The number of anilines is 2. The lowest BCUT2D eigenvalue weighted by molar-refractivity contribution is -0.383. The molecule has 104 valence electrons. The topological polar surface area (TPSA) is 72.4 Å². The maximum Gasteiger partial charge on any atom is 0.315 e. The van der Waals surface area contributed by atoms with Crippen LogP contribution in [0.2, 0.25) is 0 Å². The zero-order chi connectivity index (χ0) is 14.5. The van der Waals surface area contributed by atoms with Gasteiger partial charge in [0.15, 0.2) is 0 Å².